The highest BCUT2D eigenvalue weighted by molar-refractivity contribution is 5.63. The number of hydrazine groups is 3. The predicted molar refractivity (Wildman–Crippen MR) is 63.4 cm³/mol. The van der Waals surface area contributed by atoms with Gasteiger partial charge in [0.15, 0.2) is 0 Å². The van der Waals surface area contributed by atoms with Crippen LogP contribution in [0.2, 0.25) is 0 Å². The maximum atomic E-state index is 10.0. The summed E-state index contributed by atoms with van der Waals surface area (Å²) in [5.41, 5.74) is 9.65. The van der Waals surface area contributed by atoms with Gasteiger partial charge in [0, 0.05) is 6.54 Å². The summed E-state index contributed by atoms with van der Waals surface area (Å²) in [5.74, 6) is 0. The molecule has 0 saturated heterocycles. The van der Waals surface area contributed by atoms with Gasteiger partial charge in [0.25, 0.3) is 0 Å². The Morgan fingerprint density at radius 2 is 1.62 bits per heavy atom. The molecule has 0 aliphatic heterocycles. The van der Waals surface area contributed by atoms with Gasteiger partial charge < -0.3 is 5.11 Å². The molecule has 16 heavy (non-hydrogen) atoms. The summed E-state index contributed by atoms with van der Waals surface area (Å²) in [5, 5.41) is 8.22. The average molecular weight is 232 g/mol. The third-order valence-electron chi connectivity index (χ3n) is 2.23. The molecule has 0 aromatic carbocycles. The molecule has 0 radical (unpaired) electrons. The van der Waals surface area contributed by atoms with Crippen molar-refractivity contribution in [2.45, 2.75) is 51.9 Å². The summed E-state index contributed by atoms with van der Waals surface area (Å²) in [7, 11) is 0. The second-order valence-electron chi connectivity index (χ2n) is 3.73. The molecule has 0 fully saturated rings. The van der Waals surface area contributed by atoms with Crippen LogP contribution in [0.1, 0.15) is 51.9 Å². The van der Waals surface area contributed by atoms with E-state index in [9.17, 15) is 4.79 Å². The first-order valence-corrected chi connectivity index (χ1v) is 5.99. The number of hydrogen-bond donors (Lipinski definition) is 5. The molecule has 0 atom stereocenters. The molecule has 6 heteroatoms. The molecule has 0 aromatic rings. The van der Waals surface area contributed by atoms with Crippen molar-refractivity contribution in [3.63, 3.8) is 0 Å². The van der Waals surface area contributed by atoms with Crippen LogP contribution in [0.15, 0.2) is 0 Å². The monoisotopic (exact) mass is 232 g/mol. The SMILES string of the molecule is CCCCCCCCCNNNNC(=O)O. The molecule has 0 unspecified atom stereocenters. The zero-order valence-corrected chi connectivity index (χ0v) is 10.0. The minimum Gasteiger partial charge on any atom is -0.464 e. The van der Waals surface area contributed by atoms with Gasteiger partial charge in [-0.1, -0.05) is 45.4 Å². The number of nitrogens with one attached hydrogen (secondary N) is 4. The number of hydrogen-bond acceptors (Lipinski definition) is 4. The Morgan fingerprint density at radius 3 is 2.25 bits per heavy atom. The zero-order valence-electron chi connectivity index (χ0n) is 10.0. The number of carboxylic acid groups (broad SMARTS) is 1. The first-order valence-electron chi connectivity index (χ1n) is 5.99. The Bertz CT molecular complexity index is 167. The number of amides is 1. The van der Waals surface area contributed by atoms with Crippen molar-refractivity contribution in [1.82, 2.24) is 21.9 Å². The van der Waals surface area contributed by atoms with Crippen LogP contribution in [0.3, 0.4) is 0 Å². The summed E-state index contributed by atoms with van der Waals surface area (Å²) < 4.78 is 0. The van der Waals surface area contributed by atoms with Gasteiger partial charge in [0.05, 0.1) is 0 Å². The summed E-state index contributed by atoms with van der Waals surface area (Å²) >= 11 is 0. The van der Waals surface area contributed by atoms with Crippen molar-refractivity contribution in [2.24, 2.45) is 0 Å². The summed E-state index contributed by atoms with van der Waals surface area (Å²) in [6.45, 7) is 3.04. The molecular formula is C10H24N4O2. The van der Waals surface area contributed by atoms with Crippen LogP contribution in [0.5, 0.6) is 0 Å². The van der Waals surface area contributed by atoms with E-state index in [1.54, 1.807) is 0 Å². The summed E-state index contributed by atoms with van der Waals surface area (Å²) in [4.78, 5) is 10.0. The zero-order chi connectivity index (χ0) is 12.1. The van der Waals surface area contributed by atoms with E-state index < -0.39 is 6.09 Å². The van der Waals surface area contributed by atoms with Gasteiger partial charge in [-0.25, -0.2) is 15.6 Å². The van der Waals surface area contributed by atoms with Gasteiger partial charge >= 0.3 is 6.09 Å². The van der Waals surface area contributed by atoms with Crippen molar-refractivity contribution in [3.8, 4) is 0 Å². The van der Waals surface area contributed by atoms with E-state index in [-0.39, 0.29) is 0 Å². The third-order valence-corrected chi connectivity index (χ3v) is 2.23. The lowest BCUT2D eigenvalue weighted by atomic mass is 10.1. The highest BCUT2D eigenvalue weighted by Gasteiger charge is 1.91. The molecule has 0 aliphatic carbocycles. The maximum Gasteiger partial charge on any atom is 0.420 e. The van der Waals surface area contributed by atoms with Gasteiger partial charge in [0.2, 0.25) is 0 Å². The Labute approximate surface area is 97.1 Å². The molecular weight excluding hydrogens is 208 g/mol. The quantitative estimate of drug-likeness (QED) is 0.275. The molecule has 5 N–H and O–H groups in total. The van der Waals surface area contributed by atoms with Crippen LogP contribution in [0.25, 0.3) is 0 Å². The number of rotatable bonds is 11. The Hall–Kier alpha value is -0.850. The average Bonchev–Trinajstić information content (AvgIpc) is 2.25. The van der Waals surface area contributed by atoms with E-state index in [0.29, 0.717) is 0 Å². The Kier molecular flexibility index (Phi) is 11.6. The fourth-order valence-electron chi connectivity index (χ4n) is 1.36. The van der Waals surface area contributed by atoms with E-state index in [2.05, 4.69) is 23.4 Å². The lowest BCUT2D eigenvalue weighted by Gasteiger charge is -2.07. The molecule has 0 bridgehead atoms. The van der Waals surface area contributed by atoms with Crippen molar-refractivity contribution >= 4 is 6.09 Å². The standard InChI is InChI=1S/C10H24N4O2/c1-2-3-4-5-6-7-8-9-11-13-14-12-10(15)16/h11-14H,2-9H2,1H3,(H,15,16). The van der Waals surface area contributed by atoms with Crippen LogP contribution >= 0.6 is 0 Å². The lowest BCUT2D eigenvalue weighted by Crippen LogP contribution is -2.52. The molecule has 0 aliphatic rings. The van der Waals surface area contributed by atoms with Gasteiger partial charge in [-0.05, 0) is 6.42 Å². The maximum absolute atomic E-state index is 10.0. The van der Waals surface area contributed by atoms with E-state index in [1.807, 2.05) is 5.43 Å². The van der Waals surface area contributed by atoms with Crippen LogP contribution in [0.4, 0.5) is 4.79 Å². The summed E-state index contributed by atoms with van der Waals surface area (Å²) in [6.07, 6.45) is 7.75. The molecule has 0 heterocycles. The predicted octanol–water partition coefficient (Wildman–Crippen LogP) is 1.52. The van der Waals surface area contributed by atoms with Crippen molar-refractivity contribution < 1.29 is 9.90 Å². The minimum atomic E-state index is -1.12. The van der Waals surface area contributed by atoms with Gasteiger partial charge in [-0.15, -0.1) is 0 Å². The first kappa shape index (κ1) is 15.2. The topological polar surface area (TPSA) is 85.4 Å². The van der Waals surface area contributed by atoms with Crippen LogP contribution in [0, 0.1) is 0 Å². The summed E-state index contributed by atoms with van der Waals surface area (Å²) in [6, 6.07) is 0. The molecule has 0 rings (SSSR count). The fourth-order valence-corrected chi connectivity index (χ4v) is 1.36. The highest BCUT2D eigenvalue weighted by atomic mass is 16.4. The normalized spacial score (nSPS) is 10.3. The van der Waals surface area contributed by atoms with Crippen LogP contribution in [-0.2, 0) is 0 Å². The van der Waals surface area contributed by atoms with Gasteiger partial charge in [0.1, 0.15) is 0 Å². The molecule has 0 spiro atoms. The van der Waals surface area contributed by atoms with E-state index in [1.165, 1.54) is 38.5 Å². The van der Waals surface area contributed by atoms with Crippen molar-refractivity contribution in [2.75, 3.05) is 6.54 Å². The Morgan fingerprint density at radius 1 is 1.00 bits per heavy atom. The lowest BCUT2D eigenvalue weighted by molar-refractivity contribution is 0.183. The van der Waals surface area contributed by atoms with Crippen molar-refractivity contribution in [3.05, 3.63) is 0 Å². The molecule has 0 saturated carbocycles. The van der Waals surface area contributed by atoms with Crippen LogP contribution in [-0.4, -0.2) is 17.7 Å². The van der Waals surface area contributed by atoms with Gasteiger partial charge in [-0.2, -0.15) is 11.1 Å². The fraction of sp³-hybridized carbons (Fsp3) is 0.900. The molecule has 1 amide bonds. The molecule has 0 aromatic heterocycles. The number of unbranched alkanes of at least 4 members (excludes halogenated alkanes) is 6. The van der Waals surface area contributed by atoms with E-state index in [0.717, 1.165) is 13.0 Å². The second-order valence-corrected chi connectivity index (χ2v) is 3.73. The number of carbonyl (C=O) groups is 1. The molecule has 96 valence electrons. The second kappa shape index (κ2) is 12.2. The van der Waals surface area contributed by atoms with Gasteiger partial charge in [-0.3, -0.25) is 0 Å². The highest BCUT2D eigenvalue weighted by Crippen LogP contribution is 2.05. The van der Waals surface area contributed by atoms with E-state index in [4.69, 9.17) is 5.11 Å². The Balaban J connectivity index is 2.90. The third kappa shape index (κ3) is 13.2. The smallest absolute Gasteiger partial charge is 0.420 e. The van der Waals surface area contributed by atoms with Crippen molar-refractivity contribution in [1.29, 1.82) is 0 Å². The minimum absolute atomic E-state index is 0.822. The van der Waals surface area contributed by atoms with E-state index >= 15 is 0 Å². The van der Waals surface area contributed by atoms with Crippen LogP contribution < -0.4 is 21.9 Å². The molecule has 6 nitrogen and oxygen atoms in total. The largest absolute Gasteiger partial charge is 0.464 e. The first-order chi connectivity index (χ1) is 7.77.